The maximum atomic E-state index is 12.7. The maximum absolute atomic E-state index is 12.7. The Morgan fingerprint density at radius 3 is 2.00 bits per heavy atom. The molecule has 0 amide bonds. The minimum absolute atomic E-state index is 0.238. The van der Waals surface area contributed by atoms with Crippen LogP contribution < -0.4 is 0 Å². The predicted molar refractivity (Wildman–Crippen MR) is 93.2 cm³/mol. The van der Waals surface area contributed by atoms with E-state index in [0.29, 0.717) is 10.0 Å². The number of rotatable bonds is 1. The van der Waals surface area contributed by atoms with Crippen molar-refractivity contribution in [2.45, 2.75) is 13.6 Å². The monoisotopic (exact) mass is 532 g/mol. The van der Waals surface area contributed by atoms with Crippen molar-refractivity contribution in [3.05, 3.63) is 65.2 Å². The molecule has 2 rings (SSSR count). The standard InChI is InChI=1S/2C7H5Br2F/c1-4-2-6(9)7(10)3-5(4)8;8-6-2-1-5(4-10)3-7(6)9/h2-3H,1H3;1-3H,4H2. The molecule has 0 aromatic heterocycles. The van der Waals surface area contributed by atoms with Crippen LogP contribution in [0.3, 0.4) is 0 Å². The first-order chi connectivity index (χ1) is 9.35. The summed E-state index contributed by atoms with van der Waals surface area (Å²) >= 11 is 12.9. The zero-order valence-electron chi connectivity index (χ0n) is 10.4. The lowest BCUT2D eigenvalue weighted by molar-refractivity contribution is 0.485. The van der Waals surface area contributed by atoms with E-state index in [0.717, 1.165) is 19.0 Å². The smallest absolute Gasteiger partial charge is 0.138 e. The minimum atomic E-state index is -0.411. The number of aryl methyl sites for hydroxylation is 1. The summed E-state index contributed by atoms with van der Waals surface area (Å²) in [6.45, 7) is 1.50. The fraction of sp³-hybridized carbons (Fsp3) is 0.143. The highest BCUT2D eigenvalue weighted by atomic mass is 79.9. The molecule has 2 aromatic carbocycles. The highest BCUT2D eigenvalue weighted by molar-refractivity contribution is 9.13. The lowest BCUT2D eigenvalue weighted by Gasteiger charge is -1.98. The van der Waals surface area contributed by atoms with Crippen molar-refractivity contribution in [3.63, 3.8) is 0 Å². The van der Waals surface area contributed by atoms with Crippen molar-refractivity contribution in [1.82, 2.24) is 0 Å². The quantitative estimate of drug-likeness (QED) is 0.335. The number of hydrogen-bond donors (Lipinski definition) is 0. The molecular formula is C14H10Br4F2. The van der Waals surface area contributed by atoms with Crippen LogP contribution in [-0.2, 0) is 6.67 Å². The molecule has 0 fully saturated rings. The summed E-state index contributed by atoms with van der Waals surface area (Å²) in [6.07, 6.45) is 0. The van der Waals surface area contributed by atoms with Crippen molar-refractivity contribution in [2.75, 3.05) is 0 Å². The van der Waals surface area contributed by atoms with Crippen LogP contribution >= 0.6 is 63.7 Å². The molecule has 2 aromatic rings. The molecule has 20 heavy (non-hydrogen) atoms. The average molecular weight is 536 g/mol. The highest BCUT2D eigenvalue weighted by Gasteiger charge is 2.01. The Morgan fingerprint density at radius 2 is 1.50 bits per heavy atom. The van der Waals surface area contributed by atoms with Gasteiger partial charge in [-0.2, -0.15) is 0 Å². The second-order valence-electron chi connectivity index (χ2n) is 3.90. The van der Waals surface area contributed by atoms with Crippen molar-refractivity contribution < 1.29 is 8.78 Å². The van der Waals surface area contributed by atoms with Crippen LogP contribution in [0.2, 0.25) is 0 Å². The van der Waals surface area contributed by atoms with E-state index in [1.165, 1.54) is 6.07 Å². The third-order valence-corrected chi connectivity index (χ3v) is 5.68. The van der Waals surface area contributed by atoms with Gasteiger partial charge in [0.25, 0.3) is 0 Å². The molecule has 0 aliphatic rings. The van der Waals surface area contributed by atoms with Gasteiger partial charge in [-0.1, -0.05) is 22.0 Å². The summed E-state index contributed by atoms with van der Waals surface area (Å²) in [5, 5.41) is 0. The fourth-order valence-electron chi connectivity index (χ4n) is 1.24. The summed E-state index contributed by atoms with van der Waals surface area (Å²) in [5.41, 5.74) is 1.71. The van der Waals surface area contributed by atoms with Crippen LogP contribution in [0, 0.1) is 12.7 Å². The number of halogens is 6. The van der Waals surface area contributed by atoms with E-state index in [1.807, 2.05) is 13.0 Å². The fourth-order valence-corrected chi connectivity index (χ4v) is 2.69. The van der Waals surface area contributed by atoms with Gasteiger partial charge in [-0.3, -0.25) is 0 Å². The first kappa shape index (κ1) is 18.3. The lowest BCUT2D eigenvalue weighted by atomic mass is 10.2. The molecule has 0 radical (unpaired) electrons. The van der Waals surface area contributed by atoms with Crippen molar-refractivity contribution in [2.24, 2.45) is 0 Å². The number of alkyl halides is 1. The molecule has 0 N–H and O–H groups in total. The van der Waals surface area contributed by atoms with Gasteiger partial charge in [0, 0.05) is 13.4 Å². The summed E-state index contributed by atoms with van der Waals surface area (Å²) < 4.78 is 27.8. The Hall–Kier alpha value is 0.220. The second-order valence-corrected chi connectivity index (χ2v) is 7.31. The summed E-state index contributed by atoms with van der Waals surface area (Å²) in [6, 6.07) is 8.50. The number of benzene rings is 2. The van der Waals surface area contributed by atoms with Gasteiger partial charge in [0.05, 0.1) is 4.47 Å². The molecule has 0 aliphatic heterocycles. The zero-order valence-corrected chi connectivity index (χ0v) is 16.7. The van der Waals surface area contributed by atoms with E-state index >= 15 is 0 Å². The molecule has 0 saturated carbocycles. The van der Waals surface area contributed by atoms with Gasteiger partial charge in [0.1, 0.15) is 12.5 Å². The van der Waals surface area contributed by atoms with Gasteiger partial charge in [-0.15, -0.1) is 0 Å². The van der Waals surface area contributed by atoms with Crippen LogP contribution in [0.25, 0.3) is 0 Å². The molecule has 0 heterocycles. The first-order valence-corrected chi connectivity index (χ1v) is 8.63. The van der Waals surface area contributed by atoms with Crippen LogP contribution in [0.5, 0.6) is 0 Å². The minimum Gasteiger partial charge on any atom is -0.246 e. The normalized spacial score (nSPS) is 9.95. The van der Waals surface area contributed by atoms with Gasteiger partial charge < -0.3 is 0 Å². The van der Waals surface area contributed by atoms with Gasteiger partial charge in [-0.25, -0.2) is 8.78 Å². The van der Waals surface area contributed by atoms with E-state index in [2.05, 4.69) is 63.7 Å². The number of hydrogen-bond acceptors (Lipinski definition) is 0. The van der Waals surface area contributed by atoms with E-state index in [-0.39, 0.29) is 5.82 Å². The molecule has 0 bridgehead atoms. The average Bonchev–Trinajstić information content (AvgIpc) is 2.40. The molecule has 0 atom stereocenters. The predicted octanol–water partition coefficient (Wildman–Crippen LogP) is 7.34. The second kappa shape index (κ2) is 8.61. The lowest BCUT2D eigenvalue weighted by Crippen LogP contribution is -1.80. The topological polar surface area (TPSA) is 0 Å². The van der Waals surface area contributed by atoms with Crippen LogP contribution in [0.4, 0.5) is 8.78 Å². The van der Waals surface area contributed by atoms with Crippen LogP contribution in [-0.4, -0.2) is 0 Å². The third kappa shape index (κ3) is 5.54. The Kier molecular flexibility index (Phi) is 7.87. The Labute approximate surface area is 150 Å². The van der Waals surface area contributed by atoms with E-state index < -0.39 is 6.67 Å². The molecule has 108 valence electrons. The van der Waals surface area contributed by atoms with Gasteiger partial charge in [0.2, 0.25) is 0 Å². The van der Waals surface area contributed by atoms with E-state index in [9.17, 15) is 8.78 Å². The highest BCUT2D eigenvalue weighted by Crippen LogP contribution is 2.24. The summed E-state index contributed by atoms with van der Waals surface area (Å²) in [7, 11) is 0. The van der Waals surface area contributed by atoms with E-state index in [1.54, 1.807) is 18.2 Å². The van der Waals surface area contributed by atoms with Gasteiger partial charge >= 0.3 is 0 Å². The van der Waals surface area contributed by atoms with Crippen LogP contribution in [0.1, 0.15) is 11.1 Å². The Morgan fingerprint density at radius 1 is 0.850 bits per heavy atom. The SMILES string of the molecule is Cc1cc(Br)c(F)cc1Br.FCc1ccc(Br)c(Br)c1. The van der Waals surface area contributed by atoms with Gasteiger partial charge in [-0.05, 0) is 90.1 Å². The molecular weight excluding hydrogens is 526 g/mol. The largest absolute Gasteiger partial charge is 0.246 e. The maximum Gasteiger partial charge on any atom is 0.138 e. The van der Waals surface area contributed by atoms with E-state index in [4.69, 9.17) is 0 Å². The molecule has 0 nitrogen and oxygen atoms in total. The molecule has 0 saturated heterocycles. The Balaban J connectivity index is 0.000000200. The molecule has 0 spiro atoms. The molecule has 6 heteroatoms. The first-order valence-electron chi connectivity index (χ1n) is 5.46. The third-order valence-electron chi connectivity index (χ3n) is 2.34. The Bertz CT molecular complexity index is 550. The van der Waals surface area contributed by atoms with Crippen molar-refractivity contribution in [1.29, 1.82) is 0 Å². The molecule has 0 aliphatic carbocycles. The zero-order chi connectivity index (χ0) is 15.3. The summed E-state index contributed by atoms with van der Waals surface area (Å²) in [4.78, 5) is 0. The van der Waals surface area contributed by atoms with Gasteiger partial charge in [0.15, 0.2) is 0 Å². The van der Waals surface area contributed by atoms with Crippen LogP contribution in [0.15, 0.2) is 48.2 Å². The summed E-state index contributed by atoms with van der Waals surface area (Å²) in [5.74, 6) is -0.238. The molecule has 0 unspecified atom stereocenters. The van der Waals surface area contributed by atoms with Crippen molar-refractivity contribution >= 4 is 63.7 Å². The van der Waals surface area contributed by atoms with Crippen molar-refractivity contribution in [3.8, 4) is 0 Å².